The second-order valence-corrected chi connectivity index (χ2v) is 5.14. The van der Waals surface area contributed by atoms with Crippen molar-refractivity contribution in [2.45, 2.75) is 22.4 Å². The molecule has 2 rings (SSSR count). The van der Waals surface area contributed by atoms with E-state index in [0.717, 1.165) is 0 Å². The molecule has 2 heterocycles. The van der Waals surface area contributed by atoms with E-state index < -0.39 is 29.7 Å². The minimum absolute atomic E-state index is 0.324. The Morgan fingerprint density at radius 1 is 1.53 bits per heavy atom. The fourth-order valence-corrected chi connectivity index (χ4v) is 2.69. The van der Waals surface area contributed by atoms with Crippen molar-refractivity contribution in [3.05, 3.63) is 33.1 Å². The molecule has 1 aromatic rings. The van der Waals surface area contributed by atoms with Gasteiger partial charge in [-0.2, -0.15) is 0 Å². The molecule has 17 heavy (non-hydrogen) atoms. The summed E-state index contributed by atoms with van der Waals surface area (Å²) in [5.41, 5.74) is -1.09. The highest BCUT2D eigenvalue weighted by molar-refractivity contribution is 14.1. The third-order valence-corrected chi connectivity index (χ3v) is 3.95. The van der Waals surface area contributed by atoms with E-state index >= 15 is 0 Å². The molecule has 0 radical (unpaired) electrons. The highest BCUT2D eigenvalue weighted by Crippen LogP contribution is 2.33. The van der Waals surface area contributed by atoms with Crippen LogP contribution in [0.4, 0.5) is 0 Å². The Labute approximate surface area is 109 Å². The van der Waals surface area contributed by atoms with Gasteiger partial charge in [0, 0.05) is 12.3 Å². The minimum atomic E-state index is -0.857. The standard InChI is InChI=1S/C9H11IN2O5/c10-6-7(15)4(3-13)17-8(6)12-2-1-5(14)11-9(12)16/h1-2,4,6-8,13,15H,3H2,(H,11,14,16)/t4-,6-,7+,8-/m1/s1. The van der Waals surface area contributed by atoms with Crippen molar-refractivity contribution in [1.29, 1.82) is 0 Å². The van der Waals surface area contributed by atoms with Crippen LogP contribution < -0.4 is 11.2 Å². The van der Waals surface area contributed by atoms with Crippen molar-refractivity contribution < 1.29 is 14.9 Å². The molecule has 0 unspecified atom stereocenters. The first kappa shape index (κ1) is 12.7. The molecule has 8 heteroatoms. The number of aromatic nitrogens is 2. The Morgan fingerprint density at radius 3 is 2.76 bits per heavy atom. The first-order valence-corrected chi connectivity index (χ1v) is 6.19. The molecule has 0 aliphatic carbocycles. The predicted molar refractivity (Wildman–Crippen MR) is 66.1 cm³/mol. The molecule has 4 atom stereocenters. The summed E-state index contributed by atoms with van der Waals surface area (Å²) >= 11 is 1.95. The van der Waals surface area contributed by atoms with E-state index in [1.165, 1.54) is 16.8 Å². The molecule has 7 nitrogen and oxygen atoms in total. The molecule has 0 saturated carbocycles. The van der Waals surface area contributed by atoms with Crippen LogP contribution in [0.3, 0.4) is 0 Å². The minimum Gasteiger partial charge on any atom is -0.394 e. The average Bonchev–Trinajstić information content (AvgIpc) is 2.57. The van der Waals surface area contributed by atoms with Gasteiger partial charge >= 0.3 is 5.69 Å². The molecule has 0 aromatic carbocycles. The summed E-state index contributed by atoms with van der Waals surface area (Å²) in [5, 5.41) is 18.8. The zero-order valence-corrected chi connectivity index (χ0v) is 10.8. The van der Waals surface area contributed by atoms with Gasteiger partial charge in [0.15, 0.2) is 6.23 Å². The van der Waals surface area contributed by atoms with E-state index in [9.17, 15) is 14.7 Å². The zero-order valence-electron chi connectivity index (χ0n) is 8.62. The highest BCUT2D eigenvalue weighted by Gasteiger charge is 2.43. The lowest BCUT2D eigenvalue weighted by molar-refractivity contribution is -0.0456. The van der Waals surface area contributed by atoms with Gasteiger partial charge < -0.3 is 14.9 Å². The second kappa shape index (κ2) is 4.88. The number of nitrogens with zero attached hydrogens (tertiary/aromatic N) is 1. The lowest BCUT2D eigenvalue weighted by Crippen LogP contribution is -2.35. The Kier molecular flexibility index (Phi) is 3.66. The van der Waals surface area contributed by atoms with Crippen LogP contribution in [0, 0.1) is 0 Å². The molecule has 0 bridgehead atoms. The van der Waals surface area contributed by atoms with Crippen LogP contribution >= 0.6 is 22.6 Å². The first-order valence-electron chi connectivity index (χ1n) is 4.94. The monoisotopic (exact) mass is 354 g/mol. The number of H-pyrrole nitrogens is 1. The van der Waals surface area contributed by atoms with Crippen molar-refractivity contribution in [3.63, 3.8) is 0 Å². The van der Waals surface area contributed by atoms with Crippen LogP contribution in [0.5, 0.6) is 0 Å². The van der Waals surface area contributed by atoms with E-state index in [1.807, 2.05) is 22.6 Å². The van der Waals surface area contributed by atoms with Crippen LogP contribution in [-0.4, -0.2) is 42.5 Å². The van der Waals surface area contributed by atoms with Gasteiger partial charge in [-0.25, -0.2) is 4.79 Å². The molecule has 1 saturated heterocycles. The van der Waals surface area contributed by atoms with Crippen LogP contribution in [-0.2, 0) is 4.74 Å². The lowest BCUT2D eigenvalue weighted by Gasteiger charge is -2.16. The molecule has 0 amide bonds. The lowest BCUT2D eigenvalue weighted by atomic mass is 10.2. The van der Waals surface area contributed by atoms with Crippen molar-refractivity contribution in [2.75, 3.05) is 6.61 Å². The zero-order chi connectivity index (χ0) is 12.6. The molecule has 3 N–H and O–H groups in total. The molecule has 94 valence electrons. The van der Waals surface area contributed by atoms with Gasteiger partial charge in [-0.3, -0.25) is 14.3 Å². The largest absolute Gasteiger partial charge is 0.394 e. The summed E-state index contributed by atoms with van der Waals surface area (Å²) in [6, 6.07) is 1.20. The average molecular weight is 354 g/mol. The summed E-state index contributed by atoms with van der Waals surface area (Å²) in [5.74, 6) is 0. The topological polar surface area (TPSA) is 105 Å². The molecule has 1 aliphatic heterocycles. The van der Waals surface area contributed by atoms with Crippen molar-refractivity contribution >= 4 is 22.6 Å². The number of hydrogen-bond acceptors (Lipinski definition) is 5. The van der Waals surface area contributed by atoms with E-state index in [2.05, 4.69) is 4.98 Å². The number of aliphatic hydroxyl groups excluding tert-OH is 2. The van der Waals surface area contributed by atoms with Gasteiger partial charge in [-0.05, 0) is 0 Å². The normalized spacial score (nSPS) is 32.9. The second-order valence-electron chi connectivity index (χ2n) is 3.70. The van der Waals surface area contributed by atoms with Crippen LogP contribution in [0.2, 0.25) is 0 Å². The number of alkyl halides is 1. The number of halogens is 1. The summed E-state index contributed by atoms with van der Waals surface area (Å²) in [6.45, 7) is -0.324. The third-order valence-electron chi connectivity index (χ3n) is 2.60. The summed E-state index contributed by atoms with van der Waals surface area (Å²) in [4.78, 5) is 24.6. The van der Waals surface area contributed by atoms with E-state index in [1.54, 1.807) is 0 Å². The van der Waals surface area contributed by atoms with Gasteiger partial charge in [-0.15, -0.1) is 0 Å². The van der Waals surface area contributed by atoms with Crippen molar-refractivity contribution in [3.8, 4) is 0 Å². The van der Waals surface area contributed by atoms with Gasteiger partial charge in [0.25, 0.3) is 5.56 Å². The number of hydrogen-bond donors (Lipinski definition) is 3. The van der Waals surface area contributed by atoms with Crippen molar-refractivity contribution in [1.82, 2.24) is 9.55 Å². The molecule has 1 aromatic heterocycles. The molecule has 0 spiro atoms. The van der Waals surface area contributed by atoms with Crippen LogP contribution in [0.1, 0.15) is 6.23 Å². The summed E-state index contributed by atoms with van der Waals surface area (Å²) in [7, 11) is 0. The molecular formula is C9H11IN2O5. The summed E-state index contributed by atoms with van der Waals surface area (Å²) < 4.78 is 6.19. The fourth-order valence-electron chi connectivity index (χ4n) is 1.71. The Bertz CT molecular complexity index is 513. The summed E-state index contributed by atoms with van der Waals surface area (Å²) in [6.07, 6.45) is -0.971. The van der Waals surface area contributed by atoms with Crippen LogP contribution in [0.15, 0.2) is 21.9 Å². The maximum Gasteiger partial charge on any atom is 0.330 e. The van der Waals surface area contributed by atoms with E-state index in [0.29, 0.717) is 0 Å². The molecule has 1 aliphatic rings. The third kappa shape index (κ3) is 2.30. The van der Waals surface area contributed by atoms with Gasteiger partial charge in [0.2, 0.25) is 0 Å². The van der Waals surface area contributed by atoms with Gasteiger partial charge in [-0.1, -0.05) is 22.6 Å². The Balaban J connectivity index is 2.35. The number of nitrogens with one attached hydrogen (secondary N) is 1. The maximum atomic E-state index is 11.6. The number of aromatic amines is 1. The fraction of sp³-hybridized carbons (Fsp3) is 0.556. The Hall–Kier alpha value is -0.710. The molecular weight excluding hydrogens is 343 g/mol. The van der Waals surface area contributed by atoms with E-state index in [4.69, 9.17) is 9.84 Å². The van der Waals surface area contributed by atoms with E-state index in [-0.39, 0.29) is 10.5 Å². The van der Waals surface area contributed by atoms with Crippen molar-refractivity contribution in [2.24, 2.45) is 0 Å². The number of aliphatic hydroxyl groups is 2. The van der Waals surface area contributed by atoms with Gasteiger partial charge in [0.05, 0.1) is 16.6 Å². The number of ether oxygens (including phenoxy) is 1. The maximum absolute atomic E-state index is 11.6. The van der Waals surface area contributed by atoms with Crippen LogP contribution in [0.25, 0.3) is 0 Å². The quantitative estimate of drug-likeness (QED) is 0.447. The predicted octanol–water partition coefficient (Wildman–Crippen LogP) is -1.41. The number of rotatable bonds is 2. The molecule has 1 fully saturated rings. The highest BCUT2D eigenvalue weighted by atomic mass is 127. The van der Waals surface area contributed by atoms with Gasteiger partial charge in [0.1, 0.15) is 6.10 Å². The smallest absolute Gasteiger partial charge is 0.330 e. The SMILES string of the molecule is O=c1ccn([C@@H]2O[C@H](CO)[C@H](O)[C@H]2I)c(=O)[nH]1. The Morgan fingerprint density at radius 2 is 2.24 bits per heavy atom. The first-order chi connectivity index (χ1) is 8.04.